The number of pyridine rings is 1. The third-order valence-corrected chi connectivity index (χ3v) is 3.28. The number of nitriles is 1. The lowest BCUT2D eigenvalue weighted by atomic mass is 10.2. The summed E-state index contributed by atoms with van der Waals surface area (Å²) in [6.07, 6.45) is 4.75. The molecule has 120 valence electrons. The van der Waals surface area contributed by atoms with E-state index in [9.17, 15) is 4.79 Å². The number of nitrogens with zero attached hydrogens (tertiary/aromatic N) is 6. The zero-order valence-corrected chi connectivity index (χ0v) is 12.7. The van der Waals surface area contributed by atoms with Gasteiger partial charge in [0.1, 0.15) is 11.7 Å². The lowest BCUT2D eigenvalue weighted by molar-refractivity contribution is 0.0942. The van der Waals surface area contributed by atoms with Crippen LogP contribution in [-0.4, -0.2) is 31.0 Å². The second kappa shape index (κ2) is 6.70. The minimum absolute atomic E-state index is 0.131. The fraction of sp³-hybridized carbons (Fsp3) is 0.200. The van der Waals surface area contributed by atoms with Gasteiger partial charge in [0.05, 0.1) is 18.8 Å². The van der Waals surface area contributed by atoms with E-state index in [1.165, 1.54) is 10.9 Å². The summed E-state index contributed by atoms with van der Waals surface area (Å²) in [5.41, 5.74) is 1.67. The van der Waals surface area contributed by atoms with E-state index in [0.29, 0.717) is 11.5 Å². The monoisotopic (exact) mass is 323 g/mol. The van der Waals surface area contributed by atoms with Crippen molar-refractivity contribution in [2.45, 2.75) is 19.5 Å². The second-order valence-corrected chi connectivity index (χ2v) is 4.99. The number of hydrogen-bond acceptors (Lipinski definition) is 7. The molecule has 0 bridgehead atoms. The van der Waals surface area contributed by atoms with E-state index >= 15 is 0 Å². The van der Waals surface area contributed by atoms with Crippen LogP contribution in [0.3, 0.4) is 0 Å². The van der Waals surface area contributed by atoms with Gasteiger partial charge >= 0.3 is 0 Å². The van der Waals surface area contributed by atoms with Crippen molar-refractivity contribution in [2.75, 3.05) is 0 Å². The zero-order valence-electron chi connectivity index (χ0n) is 12.7. The maximum absolute atomic E-state index is 12.0. The highest BCUT2D eigenvalue weighted by atomic mass is 16.5. The van der Waals surface area contributed by atoms with Gasteiger partial charge in [-0.2, -0.15) is 5.26 Å². The van der Waals surface area contributed by atoms with Gasteiger partial charge in [0.2, 0.25) is 0 Å². The van der Waals surface area contributed by atoms with Crippen molar-refractivity contribution in [3.05, 3.63) is 48.2 Å². The van der Waals surface area contributed by atoms with Crippen LogP contribution in [-0.2, 0) is 6.54 Å². The van der Waals surface area contributed by atoms with Crippen molar-refractivity contribution in [2.24, 2.45) is 0 Å². The SMILES string of the molecule is CC(C#N)n1cc(C(=O)NCc2cc(-c3ccncc3)no2)nn1. The predicted octanol–water partition coefficient (Wildman–Crippen LogP) is 1.34. The van der Waals surface area contributed by atoms with Crippen molar-refractivity contribution in [3.63, 3.8) is 0 Å². The highest BCUT2D eigenvalue weighted by molar-refractivity contribution is 5.91. The average molecular weight is 323 g/mol. The van der Waals surface area contributed by atoms with Crippen molar-refractivity contribution < 1.29 is 9.32 Å². The van der Waals surface area contributed by atoms with E-state index < -0.39 is 11.9 Å². The summed E-state index contributed by atoms with van der Waals surface area (Å²) in [4.78, 5) is 16.0. The Hall–Kier alpha value is -3.54. The van der Waals surface area contributed by atoms with Crippen LogP contribution in [0.15, 0.2) is 41.3 Å². The molecule has 3 rings (SSSR count). The molecule has 0 saturated heterocycles. The van der Waals surface area contributed by atoms with Crippen molar-refractivity contribution in [1.82, 2.24) is 30.5 Å². The summed E-state index contributed by atoms with van der Waals surface area (Å²) in [7, 11) is 0. The summed E-state index contributed by atoms with van der Waals surface area (Å²) in [5, 5.41) is 22.9. The van der Waals surface area contributed by atoms with Gasteiger partial charge in [0, 0.05) is 24.0 Å². The van der Waals surface area contributed by atoms with E-state index in [-0.39, 0.29) is 12.2 Å². The Balaban J connectivity index is 1.62. The van der Waals surface area contributed by atoms with Gasteiger partial charge in [-0.3, -0.25) is 9.78 Å². The van der Waals surface area contributed by atoms with Crippen molar-refractivity contribution in [1.29, 1.82) is 5.26 Å². The van der Waals surface area contributed by atoms with Gasteiger partial charge in [-0.15, -0.1) is 5.10 Å². The van der Waals surface area contributed by atoms with Gasteiger partial charge in [-0.05, 0) is 19.1 Å². The minimum atomic E-state index is -0.490. The second-order valence-electron chi connectivity index (χ2n) is 4.99. The van der Waals surface area contributed by atoms with Gasteiger partial charge in [-0.1, -0.05) is 10.4 Å². The Morgan fingerprint density at radius 2 is 2.25 bits per heavy atom. The molecule has 0 aliphatic heterocycles. The van der Waals surface area contributed by atoms with Gasteiger partial charge in [0.15, 0.2) is 11.5 Å². The summed E-state index contributed by atoms with van der Waals surface area (Å²) >= 11 is 0. The standard InChI is InChI=1S/C15H13N7O2/c1-10(7-16)22-9-14(19-21-22)15(23)18-8-12-6-13(20-24-12)11-2-4-17-5-3-11/h2-6,9-10H,8H2,1H3,(H,18,23). The maximum Gasteiger partial charge on any atom is 0.273 e. The van der Waals surface area contributed by atoms with Crippen LogP contribution in [0.5, 0.6) is 0 Å². The first-order valence-electron chi connectivity index (χ1n) is 7.13. The molecular weight excluding hydrogens is 310 g/mol. The van der Waals surface area contributed by atoms with Crippen LogP contribution in [0.1, 0.15) is 29.2 Å². The maximum atomic E-state index is 12.0. The molecule has 9 nitrogen and oxygen atoms in total. The first kappa shape index (κ1) is 15.4. The van der Waals surface area contributed by atoms with Gasteiger partial charge < -0.3 is 9.84 Å². The number of nitrogens with one attached hydrogen (secondary N) is 1. The molecule has 0 aliphatic rings. The quantitative estimate of drug-likeness (QED) is 0.751. The molecule has 0 saturated carbocycles. The Bertz CT molecular complexity index is 879. The highest BCUT2D eigenvalue weighted by Gasteiger charge is 2.14. The molecule has 0 aliphatic carbocycles. The molecule has 3 heterocycles. The Labute approximate surface area is 136 Å². The van der Waals surface area contributed by atoms with Gasteiger partial charge in [-0.25, -0.2) is 4.68 Å². The van der Waals surface area contributed by atoms with Crippen molar-refractivity contribution in [3.8, 4) is 17.3 Å². The Kier molecular flexibility index (Phi) is 4.29. The van der Waals surface area contributed by atoms with Crippen molar-refractivity contribution >= 4 is 5.91 Å². The molecule has 1 unspecified atom stereocenters. The molecule has 1 atom stereocenters. The molecule has 0 spiro atoms. The van der Waals surface area contributed by atoms with E-state index in [2.05, 4.69) is 25.8 Å². The number of aromatic nitrogens is 5. The summed E-state index contributed by atoms with van der Waals surface area (Å²) < 4.78 is 6.52. The molecule has 0 aromatic carbocycles. The number of carbonyl (C=O) groups is 1. The molecule has 0 radical (unpaired) electrons. The van der Waals surface area contributed by atoms with E-state index in [0.717, 1.165) is 5.56 Å². The largest absolute Gasteiger partial charge is 0.359 e. The third kappa shape index (κ3) is 3.27. The molecule has 1 N–H and O–H groups in total. The fourth-order valence-electron chi connectivity index (χ4n) is 1.94. The van der Waals surface area contributed by atoms with E-state index in [1.807, 2.05) is 18.2 Å². The highest BCUT2D eigenvalue weighted by Crippen LogP contribution is 2.17. The lowest BCUT2D eigenvalue weighted by Crippen LogP contribution is -2.22. The smallest absolute Gasteiger partial charge is 0.273 e. The first-order chi connectivity index (χ1) is 11.7. The first-order valence-corrected chi connectivity index (χ1v) is 7.13. The topological polar surface area (TPSA) is 123 Å². The van der Waals surface area contributed by atoms with Crippen LogP contribution < -0.4 is 5.32 Å². The summed E-state index contributed by atoms with van der Waals surface area (Å²) in [6.45, 7) is 1.82. The number of carbonyl (C=O) groups excluding carboxylic acids is 1. The lowest BCUT2D eigenvalue weighted by Gasteiger charge is -1.99. The number of amides is 1. The van der Waals surface area contributed by atoms with Crippen LogP contribution in [0.25, 0.3) is 11.3 Å². The molecule has 0 fully saturated rings. The fourth-order valence-corrected chi connectivity index (χ4v) is 1.94. The van der Waals surface area contributed by atoms with Crippen LogP contribution in [0.2, 0.25) is 0 Å². The average Bonchev–Trinajstić information content (AvgIpc) is 3.29. The molecule has 24 heavy (non-hydrogen) atoms. The van der Waals surface area contributed by atoms with Crippen LogP contribution in [0, 0.1) is 11.3 Å². The van der Waals surface area contributed by atoms with Crippen LogP contribution >= 0.6 is 0 Å². The third-order valence-electron chi connectivity index (χ3n) is 3.28. The van der Waals surface area contributed by atoms with E-state index in [1.54, 1.807) is 25.4 Å². The summed E-state index contributed by atoms with van der Waals surface area (Å²) in [5.74, 6) is 0.0983. The number of hydrogen-bond donors (Lipinski definition) is 1. The molecule has 9 heteroatoms. The Morgan fingerprint density at radius 1 is 1.46 bits per heavy atom. The molecule has 3 aromatic heterocycles. The van der Waals surface area contributed by atoms with Gasteiger partial charge in [0.25, 0.3) is 5.91 Å². The molecule has 3 aromatic rings. The molecule has 1 amide bonds. The Morgan fingerprint density at radius 3 is 3.00 bits per heavy atom. The van der Waals surface area contributed by atoms with Crippen LogP contribution in [0.4, 0.5) is 0 Å². The summed E-state index contributed by atoms with van der Waals surface area (Å²) in [6, 6.07) is 6.89. The van der Waals surface area contributed by atoms with E-state index in [4.69, 9.17) is 9.78 Å². The normalized spacial score (nSPS) is 11.7. The molecular formula is C15H13N7O2. The predicted molar refractivity (Wildman–Crippen MR) is 81.3 cm³/mol. The zero-order chi connectivity index (χ0) is 16.9. The number of rotatable bonds is 5. The minimum Gasteiger partial charge on any atom is -0.359 e.